The van der Waals surface area contributed by atoms with E-state index in [2.05, 4.69) is 135 Å². The van der Waals surface area contributed by atoms with Crippen molar-refractivity contribution in [1.82, 2.24) is 0 Å². The number of rotatable bonds is 4. The van der Waals surface area contributed by atoms with Crippen molar-refractivity contribution in [3.8, 4) is 0 Å². The van der Waals surface area contributed by atoms with Gasteiger partial charge in [-0.15, -0.1) is 91.6 Å². The van der Waals surface area contributed by atoms with E-state index in [0.717, 1.165) is 0 Å². The van der Waals surface area contributed by atoms with Crippen molar-refractivity contribution >= 4 is 50.4 Å². The van der Waals surface area contributed by atoms with Crippen LogP contribution in [0.3, 0.4) is 0 Å². The van der Waals surface area contributed by atoms with Gasteiger partial charge in [0, 0.05) is 0 Å². The Morgan fingerprint density at radius 2 is 0.800 bits per heavy atom. The fourth-order valence-electron chi connectivity index (χ4n) is 5.98. The molecule has 0 N–H and O–H groups in total. The van der Waals surface area contributed by atoms with Crippen LogP contribution in [0.2, 0.25) is 0 Å². The molecule has 0 fully saturated rings. The van der Waals surface area contributed by atoms with Crippen molar-refractivity contribution < 1.29 is 37.7 Å². The van der Waals surface area contributed by atoms with E-state index in [1.807, 2.05) is 0 Å². The molecule has 0 aliphatic carbocycles. The molecule has 0 atom stereocenters. The van der Waals surface area contributed by atoms with Crippen LogP contribution in [0, 0.1) is 13.8 Å². The molecule has 0 spiro atoms. The Bertz CT molecular complexity index is 1450. The van der Waals surface area contributed by atoms with Crippen molar-refractivity contribution in [3.05, 3.63) is 132 Å². The van der Waals surface area contributed by atoms with Gasteiger partial charge in [-0.1, -0.05) is 97.0 Å². The second-order valence-electron chi connectivity index (χ2n) is 9.06. The summed E-state index contributed by atoms with van der Waals surface area (Å²) in [5.41, 5.74) is 2.78. The Balaban J connectivity index is 0.00000144. The molecule has 6 aromatic rings. The number of hydrogen-bond acceptors (Lipinski definition) is 0. The van der Waals surface area contributed by atoms with Crippen LogP contribution in [-0.4, -0.2) is 8.07 Å². The number of fused-ring (bicyclic) bond motifs is 2. The SMILES string of the molecule is Cc1[cH-]c2ccccc2c1[Si](c1ccccc1)(c1ccccc1)c1c(C)[cH-]c2ccccc12.[Li+].[Li+]. The molecule has 160 valence electrons. The van der Waals surface area contributed by atoms with Gasteiger partial charge in [0.1, 0.15) is 0 Å². The molecule has 0 aliphatic heterocycles. The Hall–Kier alpha value is -2.49. The summed E-state index contributed by atoms with van der Waals surface area (Å²) < 4.78 is 0. The number of benzene rings is 4. The van der Waals surface area contributed by atoms with Crippen LogP contribution in [0.4, 0.5) is 0 Å². The summed E-state index contributed by atoms with van der Waals surface area (Å²) in [6, 6.07) is 45.2. The van der Waals surface area contributed by atoms with Gasteiger partial charge in [-0.3, -0.25) is 0 Å². The number of aryl methyl sites for hydroxylation is 2. The van der Waals surface area contributed by atoms with Gasteiger partial charge in [0.25, 0.3) is 0 Å². The molecule has 0 amide bonds. The fraction of sp³-hybridized carbons (Fsp3) is 0.0625. The molecule has 0 heterocycles. The van der Waals surface area contributed by atoms with E-state index >= 15 is 0 Å². The topological polar surface area (TPSA) is 0 Å². The Labute approximate surface area is 233 Å². The molecule has 0 aliphatic rings. The first-order valence-electron chi connectivity index (χ1n) is 11.6. The second-order valence-corrected chi connectivity index (χ2v) is 12.7. The van der Waals surface area contributed by atoms with Gasteiger partial charge in [-0.2, -0.15) is 0 Å². The van der Waals surface area contributed by atoms with Gasteiger partial charge in [0.2, 0.25) is 0 Å². The van der Waals surface area contributed by atoms with Crippen molar-refractivity contribution in [3.63, 3.8) is 0 Å². The summed E-state index contributed by atoms with van der Waals surface area (Å²) in [4.78, 5) is 0. The van der Waals surface area contributed by atoms with E-state index in [9.17, 15) is 0 Å². The second kappa shape index (κ2) is 10.2. The summed E-state index contributed by atoms with van der Waals surface area (Å²) in [6.07, 6.45) is 0. The van der Waals surface area contributed by atoms with Gasteiger partial charge in [-0.05, 0) is 0 Å². The first-order valence-corrected chi connectivity index (χ1v) is 13.6. The Morgan fingerprint density at radius 1 is 0.457 bits per heavy atom. The summed E-state index contributed by atoms with van der Waals surface area (Å²) in [5, 5.41) is 11.4. The third kappa shape index (κ3) is 3.94. The fourth-order valence-corrected chi connectivity index (χ4v) is 11.7. The summed E-state index contributed by atoms with van der Waals surface area (Å²) in [7, 11) is -2.61. The van der Waals surface area contributed by atoms with Crippen molar-refractivity contribution in [2.24, 2.45) is 0 Å². The summed E-state index contributed by atoms with van der Waals surface area (Å²) >= 11 is 0. The van der Waals surface area contributed by atoms with E-state index in [4.69, 9.17) is 0 Å². The molecule has 0 bridgehead atoms. The van der Waals surface area contributed by atoms with Crippen LogP contribution in [0.1, 0.15) is 11.1 Å². The zero-order valence-corrected chi connectivity index (χ0v) is 22.0. The Kier molecular flexibility index (Phi) is 7.49. The van der Waals surface area contributed by atoms with E-state index in [1.165, 1.54) is 53.4 Å². The van der Waals surface area contributed by atoms with E-state index in [0.29, 0.717) is 0 Å². The largest absolute Gasteiger partial charge is 1.00 e. The molecule has 0 saturated heterocycles. The average Bonchev–Trinajstić information content (AvgIpc) is 3.38. The van der Waals surface area contributed by atoms with Gasteiger partial charge < -0.3 is 0 Å². The standard InChI is InChI=1S/C32H26Si.2Li/c1-23-21-25-13-9-11-19-29(25)31(23)33(27-15-5-3-6-16-27,28-17-7-4-8-18-28)32-24(2)22-26-14-10-12-20-30(26)32;;/h3-22H,1-2H3;;/q-2;2*+1. The van der Waals surface area contributed by atoms with E-state index < -0.39 is 8.07 Å². The van der Waals surface area contributed by atoms with Gasteiger partial charge >= 0.3 is 37.7 Å². The van der Waals surface area contributed by atoms with Gasteiger partial charge in [0.05, 0.1) is 8.07 Å². The van der Waals surface area contributed by atoms with Crippen molar-refractivity contribution in [2.75, 3.05) is 0 Å². The van der Waals surface area contributed by atoms with E-state index in [-0.39, 0.29) is 37.7 Å². The first-order chi connectivity index (χ1) is 16.2. The van der Waals surface area contributed by atoms with Crippen LogP contribution < -0.4 is 58.5 Å². The molecule has 0 radical (unpaired) electrons. The maximum atomic E-state index is 2.39. The molecule has 3 heteroatoms. The molecular weight excluding hydrogens is 426 g/mol. The zero-order valence-electron chi connectivity index (χ0n) is 21.0. The normalized spacial score (nSPS) is 11.3. The third-order valence-corrected chi connectivity index (χ3v) is 12.4. The van der Waals surface area contributed by atoms with Crippen molar-refractivity contribution in [1.29, 1.82) is 0 Å². The van der Waals surface area contributed by atoms with Crippen LogP contribution in [0.25, 0.3) is 21.5 Å². The summed E-state index contributed by atoms with van der Waals surface area (Å²) in [6.45, 7) is 4.62. The van der Waals surface area contributed by atoms with Gasteiger partial charge in [0.15, 0.2) is 0 Å². The smallest absolute Gasteiger partial charge is 0.150 e. The molecule has 6 aromatic carbocycles. The quantitative estimate of drug-likeness (QED) is 0.248. The summed E-state index contributed by atoms with van der Waals surface area (Å²) in [5.74, 6) is 0. The van der Waals surface area contributed by atoms with Crippen LogP contribution >= 0.6 is 0 Å². The molecule has 0 unspecified atom stereocenters. The number of hydrogen-bond donors (Lipinski definition) is 0. The minimum absolute atomic E-state index is 0. The van der Waals surface area contributed by atoms with Crippen LogP contribution in [-0.2, 0) is 0 Å². The zero-order chi connectivity index (χ0) is 22.4. The molecule has 0 nitrogen and oxygen atoms in total. The maximum absolute atomic E-state index is 2.61. The minimum atomic E-state index is -2.61. The Morgan fingerprint density at radius 3 is 1.20 bits per heavy atom. The van der Waals surface area contributed by atoms with Gasteiger partial charge in [-0.25, -0.2) is 0 Å². The predicted molar refractivity (Wildman–Crippen MR) is 146 cm³/mol. The molecule has 6 rings (SSSR count). The third-order valence-electron chi connectivity index (χ3n) is 7.16. The molecule has 35 heavy (non-hydrogen) atoms. The monoisotopic (exact) mass is 452 g/mol. The van der Waals surface area contributed by atoms with Crippen LogP contribution in [0.5, 0.6) is 0 Å². The van der Waals surface area contributed by atoms with Crippen LogP contribution in [0.15, 0.2) is 121 Å². The average molecular weight is 453 g/mol. The minimum Gasteiger partial charge on any atom is -0.150 e. The van der Waals surface area contributed by atoms with Crippen molar-refractivity contribution in [2.45, 2.75) is 13.8 Å². The van der Waals surface area contributed by atoms with E-state index in [1.54, 1.807) is 0 Å². The first kappa shape index (κ1) is 25.6. The molecular formula is C32H26Li2Si. The molecule has 0 aromatic heterocycles. The molecule has 0 saturated carbocycles. The maximum Gasteiger partial charge on any atom is 1.00 e. The predicted octanol–water partition coefficient (Wildman–Crippen LogP) is -0.567.